The summed E-state index contributed by atoms with van der Waals surface area (Å²) in [5.74, 6) is 0.945. The van der Waals surface area contributed by atoms with E-state index < -0.39 is 13.0 Å². The number of ether oxygens (including phenoxy) is 2. The first-order valence-electron chi connectivity index (χ1n) is 5.56. The summed E-state index contributed by atoms with van der Waals surface area (Å²) in [7, 11) is 2.98. The van der Waals surface area contributed by atoms with E-state index in [4.69, 9.17) is 21.1 Å². The van der Waals surface area contributed by atoms with Crippen LogP contribution in [0.5, 0.6) is 11.5 Å². The molecule has 0 unspecified atom stereocenters. The zero-order valence-corrected chi connectivity index (χ0v) is 11.2. The Morgan fingerprint density at radius 3 is 2.53 bits per heavy atom. The summed E-state index contributed by atoms with van der Waals surface area (Å²) in [5.41, 5.74) is 1.13. The normalized spacial score (nSPS) is 14.2. The molecular formula is C12H13ClF2N2O2. The van der Waals surface area contributed by atoms with Gasteiger partial charge in [0.1, 0.15) is 11.8 Å². The number of rotatable bonds is 4. The molecule has 0 radical (unpaired) electrons. The summed E-state index contributed by atoms with van der Waals surface area (Å²) < 4.78 is 35.4. The Morgan fingerprint density at radius 2 is 1.95 bits per heavy atom. The molecule has 2 rings (SSSR count). The number of methoxy groups -OCH3 is 2. The minimum absolute atomic E-state index is 0.103. The van der Waals surface area contributed by atoms with Gasteiger partial charge in [-0.05, 0) is 6.07 Å². The van der Waals surface area contributed by atoms with E-state index in [2.05, 4.69) is 4.99 Å². The molecule has 1 aliphatic heterocycles. The first-order valence-corrected chi connectivity index (χ1v) is 5.94. The van der Waals surface area contributed by atoms with Gasteiger partial charge in [0, 0.05) is 11.6 Å². The van der Waals surface area contributed by atoms with Crippen LogP contribution in [0.15, 0.2) is 17.1 Å². The number of halogens is 3. The van der Waals surface area contributed by atoms with Crippen LogP contribution in [0.3, 0.4) is 0 Å². The van der Waals surface area contributed by atoms with Gasteiger partial charge in [0.15, 0.2) is 11.5 Å². The molecule has 0 N–H and O–H groups in total. The van der Waals surface area contributed by atoms with Crippen molar-refractivity contribution in [3.63, 3.8) is 0 Å². The molecule has 0 aromatic heterocycles. The van der Waals surface area contributed by atoms with Crippen molar-refractivity contribution in [2.24, 2.45) is 4.99 Å². The molecule has 0 saturated heterocycles. The van der Waals surface area contributed by atoms with E-state index in [0.717, 1.165) is 0 Å². The summed E-state index contributed by atoms with van der Waals surface area (Å²) in [6.45, 7) is -0.304. The molecule has 0 fully saturated rings. The van der Waals surface area contributed by atoms with Crippen LogP contribution >= 0.6 is 11.6 Å². The monoisotopic (exact) mass is 290 g/mol. The fourth-order valence-corrected chi connectivity index (χ4v) is 2.13. The Morgan fingerprint density at radius 1 is 1.32 bits per heavy atom. The zero-order valence-electron chi connectivity index (χ0n) is 10.5. The maximum atomic E-state index is 12.6. The molecule has 1 aliphatic rings. The van der Waals surface area contributed by atoms with Crippen LogP contribution in [0.25, 0.3) is 0 Å². The van der Waals surface area contributed by atoms with E-state index in [0.29, 0.717) is 22.7 Å². The molecule has 7 heteroatoms. The van der Waals surface area contributed by atoms with Gasteiger partial charge in [-0.2, -0.15) is 0 Å². The second-order valence-electron chi connectivity index (χ2n) is 3.93. The van der Waals surface area contributed by atoms with E-state index in [1.165, 1.54) is 19.1 Å². The molecule has 4 nitrogen and oxygen atoms in total. The lowest BCUT2D eigenvalue weighted by Crippen LogP contribution is -2.33. The lowest BCUT2D eigenvalue weighted by molar-refractivity contribution is 0.155. The van der Waals surface area contributed by atoms with Gasteiger partial charge in [-0.15, -0.1) is 0 Å². The number of anilines is 1. The van der Waals surface area contributed by atoms with Crippen LogP contribution in [0.4, 0.5) is 14.5 Å². The molecule has 1 aromatic rings. The number of nitrogens with zero attached hydrogens (tertiary/aromatic N) is 2. The molecule has 1 aromatic carbocycles. The quantitative estimate of drug-likeness (QED) is 0.855. The van der Waals surface area contributed by atoms with Crippen molar-refractivity contribution in [3.05, 3.63) is 17.7 Å². The number of hydrogen-bond donors (Lipinski definition) is 0. The van der Waals surface area contributed by atoms with Crippen LogP contribution in [0.1, 0.15) is 5.56 Å². The molecule has 0 saturated carbocycles. The van der Waals surface area contributed by atoms with Gasteiger partial charge in [0.05, 0.1) is 26.5 Å². The SMILES string of the molecule is COc1cc2c(cc1OC)N(CC(F)F)CN=C2Cl. The highest BCUT2D eigenvalue weighted by atomic mass is 35.5. The average Bonchev–Trinajstić information content (AvgIpc) is 2.40. The molecule has 104 valence electrons. The fraction of sp³-hybridized carbons (Fsp3) is 0.417. The topological polar surface area (TPSA) is 34.1 Å². The van der Waals surface area contributed by atoms with Crippen molar-refractivity contribution in [1.82, 2.24) is 0 Å². The minimum atomic E-state index is -2.45. The van der Waals surface area contributed by atoms with Gasteiger partial charge in [0.2, 0.25) is 0 Å². The second kappa shape index (κ2) is 5.61. The average molecular weight is 291 g/mol. The summed E-state index contributed by atoms with van der Waals surface area (Å²) in [6.07, 6.45) is -2.45. The van der Waals surface area contributed by atoms with Gasteiger partial charge in [-0.25, -0.2) is 8.78 Å². The predicted octanol–water partition coefficient (Wildman–Crippen LogP) is 2.73. The molecule has 19 heavy (non-hydrogen) atoms. The highest BCUT2D eigenvalue weighted by Gasteiger charge is 2.24. The lowest BCUT2D eigenvalue weighted by atomic mass is 10.1. The second-order valence-corrected chi connectivity index (χ2v) is 4.29. The van der Waals surface area contributed by atoms with Crippen molar-refractivity contribution < 1.29 is 18.3 Å². The van der Waals surface area contributed by atoms with Gasteiger partial charge in [-0.1, -0.05) is 11.6 Å². The van der Waals surface area contributed by atoms with Gasteiger partial charge >= 0.3 is 0 Å². The van der Waals surface area contributed by atoms with Gasteiger partial charge < -0.3 is 14.4 Å². The van der Waals surface area contributed by atoms with E-state index in [1.807, 2.05) is 0 Å². The first-order chi connectivity index (χ1) is 9.06. The van der Waals surface area contributed by atoms with Crippen LogP contribution < -0.4 is 14.4 Å². The maximum Gasteiger partial charge on any atom is 0.255 e. The van der Waals surface area contributed by atoms with Crippen LogP contribution in [-0.2, 0) is 0 Å². The highest BCUT2D eigenvalue weighted by molar-refractivity contribution is 6.70. The maximum absolute atomic E-state index is 12.6. The highest BCUT2D eigenvalue weighted by Crippen LogP contribution is 2.37. The molecular weight excluding hydrogens is 278 g/mol. The van der Waals surface area contributed by atoms with Crippen molar-refractivity contribution in [2.75, 3.05) is 32.3 Å². The minimum Gasteiger partial charge on any atom is -0.493 e. The third-order valence-electron chi connectivity index (χ3n) is 2.80. The number of benzene rings is 1. The summed E-state index contributed by atoms with van der Waals surface area (Å²) in [5, 5.41) is 0.279. The Labute approximate surface area is 114 Å². The number of hydrogen-bond acceptors (Lipinski definition) is 4. The van der Waals surface area contributed by atoms with Crippen molar-refractivity contribution in [2.45, 2.75) is 6.43 Å². The predicted molar refractivity (Wildman–Crippen MR) is 70.2 cm³/mol. The van der Waals surface area contributed by atoms with Crippen LogP contribution in [-0.4, -0.2) is 39.0 Å². The van der Waals surface area contributed by atoms with E-state index in [-0.39, 0.29) is 11.8 Å². The summed E-state index contributed by atoms with van der Waals surface area (Å²) in [6, 6.07) is 3.27. The molecule has 0 amide bonds. The molecule has 0 spiro atoms. The number of alkyl halides is 2. The largest absolute Gasteiger partial charge is 0.493 e. The van der Waals surface area contributed by atoms with Crippen molar-refractivity contribution in [3.8, 4) is 11.5 Å². The Hall–Kier alpha value is -1.56. The van der Waals surface area contributed by atoms with E-state index >= 15 is 0 Å². The third-order valence-corrected chi connectivity index (χ3v) is 3.13. The number of aliphatic imine (C=N–C) groups is 1. The fourth-order valence-electron chi connectivity index (χ4n) is 1.93. The standard InChI is InChI=1S/C12H13ClF2N2O2/c1-18-9-3-7-8(4-10(9)19-2)17(5-11(14)15)6-16-12(7)13/h3-4,11H,5-6H2,1-2H3. The Kier molecular flexibility index (Phi) is 4.09. The molecule has 0 aliphatic carbocycles. The third kappa shape index (κ3) is 2.73. The van der Waals surface area contributed by atoms with Crippen LogP contribution in [0, 0.1) is 0 Å². The molecule has 0 bridgehead atoms. The smallest absolute Gasteiger partial charge is 0.255 e. The van der Waals surface area contributed by atoms with Gasteiger partial charge in [0.25, 0.3) is 6.43 Å². The summed E-state index contributed by atoms with van der Waals surface area (Å²) >= 11 is 6.01. The van der Waals surface area contributed by atoms with Crippen LogP contribution in [0.2, 0.25) is 0 Å². The number of fused-ring (bicyclic) bond motifs is 1. The van der Waals surface area contributed by atoms with Crippen molar-refractivity contribution in [1.29, 1.82) is 0 Å². The molecule has 1 heterocycles. The first kappa shape index (κ1) is 13.9. The Bertz CT molecular complexity index is 509. The lowest BCUT2D eigenvalue weighted by Gasteiger charge is -2.29. The molecule has 0 atom stereocenters. The van der Waals surface area contributed by atoms with E-state index in [1.54, 1.807) is 12.1 Å². The Balaban J connectivity index is 2.48. The zero-order chi connectivity index (χ0) is 14.0. The summed E-state index contributed by atoms with van der Waals surface area (Å²) in [4.78, 5) is 5.47. The van der Waals surface area contributed by atoms with E-state index in [9.17, 15) is 8.78 Å². The van der Waals surface area contributed by atoms with Gasteiger partial charge in [-0.3, -0.25) is 4.99 Å². The van der Waals surface area contributed by atoms with Crippen molar-refractivity contribution >= 4 is 22.5 Å².